The maximum absolute atomic E-state index is 14.4. The molecular formula is C34H39N5O5. The Morgan fingerprint density at radius 2 is 1.59 bits per heavy atom. The molecule has 2 heterocycles. The fraction of sp³-hybridized carbons (Fsp3) is 0.324. The minimum atomic E-state index is -0.634. The molecule has 0 aliphatic carbocycles. The average Bonchev–Trinajstić information content (AvgIpc) is 3.48. The van der Waals surface area contributed by atoms with Crippen molar-refractivity contribution < 1.29 is 23.8 Å². The summed E-state index contributed by atoms with van der Waals surface area (Å²) in [4.78, 5) is 36.5. The number of imidazole rings is 1. The Bertz CT molecular complexity index is 1550. The van der Waals surface area contributed by atoms with E-state index in [1.54, 1.807) is 25.2 Å². The van der Waals surface area contributed by atoms with Crippen LogP contribution in [-0.4, -0.2) is 84.3 Å². The molecule has 1 fully saturated rings. The van der Waals surface area contributed by atoms with Crippen LogP contribution < -0.4 is 14.8 Å². The molecule has 1 saturated heterocycles. The molecule has 5 rings (SSSR count). The lowest BCUT2D eigenvalue weighted by Gasteiger charge is -2.38. The smallest absolute Gasteiger partial charge is 0.246 e. The third kappa shape index (κ3) is 6.93. The van der Waals surface area contributed by atoms with Crippen LogP contribution >= 0.6 is 0 Å². The van der Waals surface area contributed by atoms with Crippen molar-refractivity contribution in [3.8, 4) is 28.4 Å². The molecule has 3 aromatic carbocycles. The molecular weight excluding hydrogens is 558 g/mol. The largest absolute Gasteiger partial charge is 0.493 e. The molecule has 1 aliphatic rings. The van der Waals surface area contributed by atoms with Crippen LogP contribution in [-0.2, 0) is 14.3 Å². The van der Waals surface area contributed by atoms with Crippen molar-refractivity contribution >= 4 is 17.8 Å². The molecule has 0 radical (unpaired) electrons. The van der Waals surface area contributed by atoms with Crippen molar-refractivity contribution in [1.29, 1.82) is 0 Å². The van der Waals surface area contributed by atoms with Gasteiger partial charge in [0.2, 0.25) is 17.8 Å². The van der Waals surface area contributed by atoms with E-state index in [9.17, 15) is 9.59 Å². The van der Waals surface area contributed by atoms with Crippen LogP contribution in [0.1, 0.15) is 25.5 Å². The highest BCUT2D eigenvalue weighted by Crippen LogP contribution is 2.34. The molecule has 1 atom stereocenters. The first-order valence-corrected chi connectivity index (χ1v) is 14.7. The maximum atomic E-state index is 14.4. The molecule has 10 heteroatoms. The number of anilines is 1. The quantitative estimate of drug-likeness (QED) is 0.265. The van der Waals surface area contributed by atoms with Crippen LogP contribution in [0, 0.1) is 0 Å². The van der Waals surface area contributed by atoms with E-state index in [0.29, 0.717) is 43.8 Å². The summed E-state index contributed by atoms with van der Waals surface area (Å²) in [5, 5.41) is 2.98. The van der Waals surface area contributed by atoms with Gasteiger partial charge in [0.15, 0.2) is 11.5 Å². The highest BCUT2D eigenvalue weighted by Gasteiger charge is 2.35. The van der Waals surface area contributed by atoms with Gasteiger partial charge in [-0.25, -0.2) is 4.98 Å². The van der Waals surface area contributed by atoms with Crippen LogP contribution in [0.3, 0.4) is 0 Å². The number of methoxy groups -OCH3 is 2. The maximum Gasteiger partial charge on any atom is 0.246 e. The van der Waals surface area contributed by atoms with Crippen LogP contribution in [0.15, 0.2) is 85.1 Å². The monoisotopic (exact) mass is 597 g/mol. The van der Waals surface area contributed by atoms with Crippen molar-refractivity contribution in [2.45, 2.75) is 25.9 Å². The van der Waals surface area contributed by atoms with Gasteiger partial charge in [0.25, 0.3) is 0 Å². The van der Waals surface area contributed by atoms with Gasteiger partial charge < -0.3 is 19.1 Å². The number of aromatic nitrogens is 2. The second-order valence-corrected chi connectivity index (χ2v) is 10.8. The molecule has 1 unspecified atom stereocenters. The van der Waals surface area contributed by atoms with Gasteiger partial charge >= 0.3 is 0 Å². The second-order valence-electron chi connectivity index (χ2n) is 10.8. The Balaban J connectivity index is 1.43. The molecule has 1 N–H and O–H groups in total. The van der Waals surface area contributed by atoms with Crippen molar-refractivity contribution in [2.75, 3.05) is 52.4 Å². The average molecular weight is 598 g/mol. The Morgan fingerprint density at radius 1 is 0.932 bits per heavy atom. The minimum Gasteiger partial charge on any atom is -0.493 e. The summed E-state index contributed by atoms with van der Waals surface area (Å²) in [6, 6.07) is 24.1. The SMILES string of the molecule is COc1ccc(C(C(=O)N(CC(=O)Nc2nc(-c3ccccc3)cn2-c2ccccc2)C(C)C)N2CCOCC2)cc1OC. The Labute approximate surface area is 258 Å². The minimum absolute atomic E-state index is 0.146. The Morgan fingerprint density at radius 3 is 2.23 bits per heavy atom. The van der Waals surface area contributed by atoms with E-state index >= 15 is 0 Å². The molecule has 0 bridgehead atoms. The Kier molecular flexibility index (Phi) is 9.93. The van der Waals surface area contributed by atoms with Crippen LogP contribution in [0.4, 0.5) is 5.95 Å². The Hall–Kier alpha value is -4.67. The number of benzene rings is 3. The zero-order chi connectivity index (χ0) is 31.1. The third-order valence-electron chi connectivity index (χ3n) is 7.65. The van der Waals surface area contributed by atoms with Crippen LogP contribution in [0.25, 0.3) is 16.9 Å². The lowest BCUT2D eigenvalue weighted by molar-refractivity contribution is -0.143. The molecule has 230 valence electrons. The number of hydrogen-bond donors (Lipinski definition) is 1. The molecule has 44 heavy (non-hydrogen) atoms. The van der Waals surface area contributed by atoms with E-state index in [1.807, 2.05) is 97.4 Å². The molecule has 4 aromatic rings. The molecule has 10 nitrogen and oxygen atoms in total. The lowest BCUT2D eigenvalue weighted by Crippen LogP contribution is -2.50. The number of ether oxygens (including phenoxy) is 3. The zero-order valence-corrected chi connectivity index (χ0v) is 25.6. The summed E-state index contributed by atoms with van der Waals surface area (Å²) < 4.78 is 18.4. The van der Waals surface area contributed by atoms with Crippen molar-refractivity contribution in [2.24, 2.45) is 0 Å². The third-order valence-corrected chi connectivity index (χ3v) is 7.65. The lowest BCUT2D eigenvalue weighted by atomic mass is 10.0. The predicted molar refractivity (Wildman–Crippen MR) is 169 cm³/mol. The van der Waals surface area contributed by atoms with Gasteiger partial charge in [0.05, 0.1) is 33.1 Å². The highest BCUT2D eigenvalue weighted by atomic mass is 16.5. The van der Waals surface area contributed by atoms with Gasteiger partial charge in [-0.1, -0.05) is 54.6 Å². The fourth-order valence-corrected chi connectivity index (χ4v) is 5.36. The normalized spacial score (nSPS) is 14.2. The number of hydrogen-bond acceptors (Lipinski definition) is 7. The van der Waals surface area contributed by atoms with Crippen molar-refractivity contribution in [3.63, 3.8) is 0 Å². The molecule has 1 aromatic heterocycles. The van der Waals surface area contributed by atoms with Crippen LogP contribution in [0.5, 0.6) is 11.5 Å². The molecule has 0 saturated carbocycles. The van der Waals surface area contributed by atoms with Crippen molar-refractivity contribution in [3.05, 3.63) is 90.6 Å². The van der Waals surface area contributed by atoms with Gasteiger partial charge in [-0.15, -0.1) is 0 Å². The first-order valence-electron chi connectivity index (χ1n) is 14.7. The van der Waals surface area contributed by atoms with E-state index < -0.39 is 6.04 Å². The molecule has 0 spiro atoms. The van der Waals surface area contributed by atoms with Gasteiger partial charge in [-0.05, 0) is 43.7 Å². The summed E-state index contributed by atoms with van der Waals surface area (Å²) in [5.74, 6) is 0.962. The number of para-hydroxylation sites is 1. The van der Waals surface area contributed by atoms with Gasteiger partial charge in [-0.3, -0.25) is 24.4 Å². The van der Waals surface area contributed by atoms with E-state index in [-0.39, 0.29) is 24.4 Å². The number of carbonyl (C=O) groups is 2. The van der Waals surface area contributed by atoms with E-state index in [4.69, 9.17) is 19.2 Å². The number of carbonyl (C=O) groups excluding carboxylic acids is 2. The number of morpholine rings is 1. The number of rotatable bonds is 11. The number of amides is 2. The molecule has 2 amide bonds. The summed E-state index contributed by atoms with van der Waals surface area (Å²) >= 11 is 0. The van der Waals surface area contributed by atoms with Gasteiger partial charge in [0.1, 0.15) is 12.6 Å². The summed E-state index contributed by atoms with van der Waals surface area (Å²) in [5.41, 5.74) is 3.27. The predicted octanol–water partition coefficient (Wildman–Crippen LogP) is 4.81. The fourth-order valence-electron chi connectivity index (χ4n) is 5.36. The van der Waals surface area contributed by atoms with E-state index in [2.05, 4.69) is 10.2 Å². The zero-order valence-electron chi connectivity index (χ0n) is 25.6. The summed E-state index contributed by atoms with van der Waals surface area (Å²) in [7, 11) is 3.15. The van der Waals surface area contributed by atoms with E-state index in [1.165, 1.54) is 0 Å². The number of nitrogens with one attached hydrogen (secondary N) is 1. The van der Waals surface area contributed by atoms with Gasteiger partial charge in [-0.2, -0.15) is 0 Å². The highest BCUT2D eigenvalue weighted by molar-refractivity contribution is 5.95. The topological polar surface area (TPSA) is 98.2 Å². The first kappa shape index (κ1) is 30.8. The van der Waals surface area contributed by atoms with E-state index in [0.717, 1.165) is 22.5 Å². The summed E-state index contributed by atoms with van der Waals surface area (Å²) in [6.07, 6.45) is 1.90. The van der Waals surface area contributed by atoms with Gasteiger partial charge in [0, 0.05) is 36.6 Å². The number of nitrogens with zero attached hydrogens (tertiary/aromatic N) is 4. The molecule has 1 aliphatic heterocycles. The summed E-state index contributed by atoms with van der Waals surface area (Å²) in [6.45, 7) is 5.88. The second kappa shape index (κ2) is 14.2. The first-order chi connectivity index (χ1) is 21.4. The van der Waals surface area contributed by atoms with Crippen LogP contribution in [0.2, 0.25) is 0 Å². The standard InChI is InChI=1S/C34H39N5O5/c1-24(2)38(33(41)32(37-17-19-44-20-18-37)26-15-16-29(42-3)30(21-26)43-4)23-31(40)36-34-35-28(25-11-7-5-8-12-25)22-39(34)27-13-9-6-10-14-27/h5-16,21-22,24,32H,17-20,23H2,1-4H3,(H,35,36,40). The van der Waals surface area contributed by atoms with Crippen molar-refractivity contribution in [1.82, 2.24) is 19.4 Å².